The summed E-state index contributed by atoms with van der Waals surface area (Å²) >= 11 is 1.68. The van der Waals surface area contributed by atoms with Crippen LogP contribution in [0.3, 0.4) is 0 Å². The summed E-state index contributed by atoms with van der Waals surface area (Å²) in [5.41, 5.74) is 6.18. The summed E-state index contributed by atoms with van der Waals surface area (Å²) in [7, 11) is 1.36. The van der Waals surface area contributed by atoms with Crippen molar-refractivity contribution in [1.82, 2.24) is 0 Å². The Kier molecular flexibility index (Phi) is 4.65. The molecule has 0 unspecified atom stereocenters. The lowest BCUT2D eigenvalue weighted by Gasteiger charge is -2.16. The molecule has 0 amide bonds. The zero-order valence-electron chi connectivity index (χ0n) is 10.7. The van der Waals surface area contributed by atoms with Crippen molar-refractivity contribution in [2.24, 2.45) is 5.73 Å². The summed E-state index contributed by atoms with van der Waals surface area (Å²) in [5, 5.41) is 0. The number of ether oxygens (including phenoxy) is 1. The standard InChI is InChI=1S/C12H19NO3S/c1-8-10(11(14)15-4)5-9(16-8)6-17-7-12(2,3)13/h5H,6-7,13H2,1-4H3. The highest BCUT2D eigenvalue weighted by Gasteiger charge is 2.16. The predicted molar refractivity (Wildman–Crippen MR) is 69.2 cm³/mol. The number of nitrogens with two attached hydrogens (primary N) is 1. The lowest BCUT2D eigenvalue weighted by molar-refractivity contribution is 0.0599. The molecule has 1 heterocycles. The Labute approximate surface area is 106 Å². The number of hydrogen-bond donors (Lipinski definition) is 1. The van der Waals surface area contributed by atoms with E-state index in [1.165, 1.54) is 7.11 Å². The van der Waals surface area contributed by atoms with E-state index in [0.717, 1.165) is 11.5 Å². The Hall–Kier alpha value is -0.940. The first-order valence-electron chi connectivity index (χ1n) is 5.38. The van der Waals surface area contributed by atoms with Crippen molar-refractivity contribution < 1.29 is 13.9 Å². The third-order valence-corrected chi connectivity index (χ3v) is 3.53. The van der Waals surface area contributed by atoms with Gasteiger partial charge in [0.05, 0.1) is 12.9 Å². The van der Waals surface area contributed by atoms with Crippen LogP contribution < -0.4 is 5.73 Å². The number of thioether (sulfide) groups is 1. The molecular formula is C12H19NO3S. The van der Waals surface area contributed by atoms with Crippen LogP contribution in [-0.4, -0.2) is 24.4 Å². The van der Waals surface area contributed by atoms with E-state index in [1.54, 1.807) is 24.8 Å². The molecule has 0 saturated carbocycles. The molecule has 0 aliphatic heterocycles. The minimum atomic E-state index is -0.360. The number of aryl methyl sites for hydroxylation is 1. The van der Waals surface area contributed by atoms with E-state index >= 15 is 0 Å². The van der Waals surface area contributed by atoms with Crippen molar-refractivity contribution in [3.05, 3.63) is 23.2 Å². The Balaban J connectivity index is 2.59. The van der Waals surface area contributed by atoms with Gasteiger partial charge in [0.25, 0.3) is 0 Å². The van der Waals surface area contributed by atoms with Crippen LogP contribution in [0.15, 0.2) is 10.5 Å². The molecule has 5 heteroatoms. The Morgan fingerprint density at radius 3 is 2.76 bits per heavy atom. The number of carbonyl (C=O) groups is 1. The first-order valence-corrected chi connectivity index (χ1v) is 6.53. The van der Waals surface area contributed by atoms with Crippen LogP contribution in [-0.2, 0) is 10.5 Å². The van der Waals surface area contributed by atoms with E-state index in [2.05, 4.69) is 4.74 Å². The van der Waals surface area contributed by atoms with Gasteiger partial charge in [-0.1, -0.05) is 0 Å². The summed E-state index contributed by atoms with van der Waals surface area (Å²) < 4.78 is 10.2. The van der Waals surface area contributed by atoms with E-state index in [1.807, 2.05) is 13.8 Å². The molecule has 0 radical (unpaired) electrons. The smallest absolute Gasteiger partial charge is 0.341 e. The largest absolute Gasteiger partial charge is 0.465 e. The zero-order chi connectivity index (χ0) is 13.1. The Morgan fingerprint density at radius 1 is 1.59 bits per heavy atom. The van der Waals surface area contributed by atoms with Gasteiger partial charge in [-0.15, -0.1) is 0 Å². The van der Waals surface area contributed by atoms with E-state index in [4.69, 9.17) is 10.2 Å². The number of carbonyl (C=O) groups excluding carboxylic acids is 1. The van der Waals surface area contributed by atoms with E-state index in [-0.39, 0.29) is 11.5 Å². The van der Waals surface area contributed by atoms with Gasteiger partial charge in [0, 0.05) is 11.3 Å². The van der Waals surface area contributed by atoms with Crippen LogP contribution in [0.2, 0.25) is 0 Å². The van der Waals surface area contributed by atoms with Crippen LogP contribution in [0, 0.1) is 6.92 Å². The highest BCUT2D eigenvalue weighted by Crippen LogP contribution is 2.21. The van der Waals surface area contributed by atoms with E-state index in [9.17, 15) is 4.79 Å². The summed E-state index contributed by atoms with van der Waals surface area (Å²) in [5.74, 6) is 2.55. The van der Waals surface area contributed by atoms with Gasteiger partial charge in [-0.05, 0) is 26.8 Å². The van der Waals surface area contributed by atoms with Crippen molar-refractivity contribution in [2.75, 3.05) is 12.9 Å². The van der Waals surface area contributed by atoms with Crippen molar-refractivity contribution in [3.8, 4) is 0 Å². The quantitative estimate of drug-likeness (QED) is 0.820. The van der Waals surface area contributed by atoms with E-state index in [0.29, 0.717) is 17.1 Å². The molecule has 96 valence electrons. The number of methoxy groups -OCH3 is 1. The Bertz CT molecular complexity index is 393. The molecule has 0 fully saturated rings. The third kappa shape index (κ3) is 4.44. The second-order valence-electron chi connectivity index (χ2n) is 4.66. The fraction of sp³-hybridized carbons (Fsp3) is 0.583. The van der Waals surface area contributed by atoms with Gasteiger partial charge in [-0.2, -0.15) is 11.8 Å². The molecule has 0 bridgehead atoms. The molecule has 0 aliphatic carbocycles. The summed E-state index contributed by atoms with van der Waals surface area (Å²) in [6.07, 6.45) is 0. The molecule has 1 aromatic heterocycles. The van der Waals surface area contributed by atoms with Gasteiger partial charge in [0.1, 0.15) is 17.1 Å². The van der Waals surface area contributed by atoms with Gasteiger partial charge in [-0.3, -0.25) is 0 Å². The SMILES string of the molecule is COC(=O)c1cc(CSCC(C)(C)N)oc1C. The fourth-order valence-corrected chi connectivity index (χ4v) is 2.31. The van der Waals surface area contributed by atoms with Crippen molar-refractivity contribution in [1.29, 1.82) is 0 Å². The van der Waals surface area contributed by atoms with Crippen LogP contribution in [0.25, 0.3) is 0 Å². The molecular weight excluding hydrogens is 238 g/mol. The van der Waals surface area contributed by atoms with Crippen LogP contribution in [0.4, 0.5) is 0 Å². The molecule has 0 aromatic carbocycles. The fourth-order valence-electron chi connectivity index (χ4n) is 1.34. The van der Waals surface area contributed by atoms with Crippen molar-refractivity contribution in [2.45, 2.75) is 32.1 Å². The van der Waals surface area contributed by atoms with Crippen LogP contribution >= 0.6 is 11.8 Å². The molecule has 1 rings (SSSR count). The summed E-state index contributed by atoms with van der Waals surface area (Å²) in [6, 6.07) is 1.73. The summed E-state index contributed by atoms with van der Waals surface area (Å²) in [4.78, 5) is 11.4. The number of rotatable bonds is 5. The van der Waals surface area contributed by atoms with Gasteiger partial charge in [0.2, 0.25) is 0 Å². The van der Waals surface area contributed by atoms with Crippen molar-refractivity contribution in [3.63, 3.8) is 0 Å². The maximum atomic E-state index is 11.4. The molecule has 4 nitrogen and oxygen atoms in total. The maximum absolute atomic E-state index is 11.4. The highest BCUT2D eigenvalue weighted by atomic mass is 32.2. The molecule has 0 saturated heterocycles. The van der Waals surface area contributed by atoms with Crippen LogP contribution in [0.5, 0.6) is 0 Å². The van der Waals surface area contributed by atoms with Crippen molar-refractivity contribution >= 4 is 17.7 Å². The molecule has 0 atom stereocenters. The number of hydrogen-bond acceptors (Lipinski definition) is 5. The molecule has 2 N–H and O–H groups in total. The average molecular weight is 257 g/mol. The van der Waals surface area contributed by atoms with E-state index < -0.39 is 0 Å². The van der Waals surface area contributed by atoms with Gasteiger partial charge < -0.3 is 14.9 Å². The van der Waals surface area contributed by atoms with Gasteiger partial charge in [0.15, 0.2) is 0 Å². The molecule has 1 aromatic rings. The Morgan fingerprint density at radius 2 is 2.24 bits per heavy atom. The normalized spacial score (nSPS) is 11.6. The first kappa shape index (κ1) is 14.1. The lowest BCUT2D eigenvalue weighted by atomic mass is 10.1. The average Bonchev–Trinajstić information content (AvgIpc) is 2.57. The first-order chi connectivity index (χ1) is 7.83. The van der Waals surface area contributed by atoms with Crippen LogP contribution in [0.1, 0.15) is 35.7 Å². The highest BCUT2D eigenvalue weighted by molar-refractivity contribution is 7.98. The number of esters is 1. The summed E-state index contributed by atoms with van der Waals surface area (Å²) in [6.45, 7) is 5.72. The predicted octanol–water partition coefficient (Wildman–Crippen LogP) is 2.35. The van der Waals surface area contributed by atoms with Gasteiger partial charge in [-0.25, -0.2) is 4.79 Å². The molecule has 0 aliphatic rings. The zero-order valence-corrected chi connectivity index (χ0v) is 11.5. The second kappa shape index (κ2) is 5.60. The molecule has 17 heavy (non-hydrogen) atoms. The second-order valence-corrected chi connectivity index (χ2v) is 5.64. The minimum Gasteiger partial charge on any atom is -0.465 e. The molecule has 0 spiro atoms. The maximum Gasteiger partial charge on any atom is 0.341 e. The lowest BCUT2D eigenvalue weighted by Crippen LogP contribution is -2.34. The van der Waals surface area contributed by atoms with Gasteiger partial charge >= 0.3 is 5.97 Å². The monoisotopic (exact) mass is 257 g/mol. The topological polar surface area (TPSA) is 65.5 Å². The third-order valence-electron chi connectivity index (χ3n) is 2.09. The number of furan rings is 1. The minimum absolute atomic E-state index is 0.197.